The van der Waals surface area contributed by atoms with Crippen LogP contribution in [-0.2, 0) is 9.53 Å². The molecule has 0 aliphatic carbocycles. The number of phenols is 1. The van der Waals surface area contributed by atoms with Gasteiger partial charge in [-0.1, -0.05) is 44.2 Å². The first kappa shape index (κ1) is 24.5. The van der Waals surface area contributed by atoms with E-state index in [0.29, 0.717) is 12.8 Å². The standard InChI is InChI=1S/C23H25FN2O6/c1-23(2,13-7-6-10-19(28)26-31)20(16-11-12-18(27)17(24)14-16)32-22(30)25-21(29)15-8-4-3-5-9-15/h3-6,8-12,14,20,27,31H,7,13H2,1-2H3,(H,26,28)(H,25,29,30)/b10-6+/t20-/m0/s1. The molecule has 0 aliphatic heterocycles. The van der Waals surface area contributed by atoms with Gasteiger partial charge in [-0.15, -0.1) is 0 Å². The van der Waals surface area contributed by atoms with Gasteiger partial charge in [0, 0.05) is 17.1 Å². The molecule has 0 spiro atoms. The summed E-state index contributed by atoms with van der Waals surface area (Å²) in [6.45, 7) is 3.55. The highest BCUT2D eigenvalue weighted by Gasteiger charge is 2.34. The summed E-state index contributed by atoms with van der Waals surface area (Å²) in [5, 5.41) is 20.2. The zero-order chi connectivity index (χ0) is 23.7. The van der Waals surface area contributed by atoms with Crippen LogP contribution in [0.15, 0.2) is 60.7 Å². The minimum atomic E-state index is -1.01. The van der Waals surface area contributed by atoms with E-state index in [2.05, 4.69) is 5.32 Å². The number of carbonyl (C=O) groups excluding carboxylic acids is 3. The number of halogens is 1. The Hall–Kier alpha value is -3.72. The Balaban J connectivity index is 2.20. The van der Waals surface area contributed by atoms with Gasteiger partial charge < -0.3 is 9.84 Å². The molecule has 170 valence electrons. The Morgan fingerprint density at radius 2 is 1.84 bits per heavy atom. The first-order chi connectivity index (χ1) is 15.1. The van der Waals surface area contributed by atoms with E-state index in [9.17, 15) is 23.9 Å². The first-order valence-electron chi connectivity index (χ1n) is 9.80. The first-order valence-corrected chi connectivity index (χ1v) is 9.80. The van der Waals surface area contributed by atoms with E-state index < -0.39 is 41.0 Å². The normalized spacial score (nSPS) is 12.2. The number of ether oxygens (including phenoxy) is 1. The summed E-state index contributed by atoms with van der Waals surface area (Å²) in [5.74, 6) is -2.77. The van der Waals surface area contributed by atoms with E-state index in [1.807, 2.05) is 0 Å². The summed E-state index contributed by atoms with van der Waals surface area (Å²) in [4.78, 5) is 35.8. The largest absolute Gasteiger partial charge is 0.505 e. The maximum atomic E-state index is 14.0. The number of aromatic hydroxyl groups is 1. The fourth-order valence-corrected chi connectivity index (χ4v) is 3.07. The summed E-state index contributed by atoms with van der Waals surface area (Å²) >= 11 is 0. The Morgan fingerprint density at radius 1 is 1.16 bits per heavy atom. The molecule has 0 heterocycles. The second-order valence-corrected chi connectivity index (χ2v) is 7.72. The van der Waals surface area contributed by atoms with Crippen LogP contribution in [0, 0.1) is 11.2 Å². The smallest absolute Gasteiger partial charge is 0.414 e. The number of allylic oxidation sites excluding steroid dienone is 1. The number of amides is 3. The van der Waals surface area contributed by atoms with Crippen molar-refractivity contribution in [2.75, 3.05) is 0 Å². The number of hydrogen-bond donors (Lipinski definition) is 4. The highest BCUT2D eigenvalue weighted by atomic mass is 19.1. The second kappa shape index (κ2) is 11.1. The van der Waals surface area contributed by atoms with Gasteiger partial charge in [0.05, 0.1) is 0 Å². The van der Waals surface area contributed by atoms with Gasteiger partial charge in [0.1, 0.15) is 6.10 Å². The minimum absolute atomic E-state index is 0.267. The van der Waals surface area contributed by atoms with E-state index in [4.69, 9.17) is 9.94 Å². The highest BCUT2D eigenvalue weighted by molar-refractivity contribution is 6.02. The molecule has 2 rings (SSSR count). The number of carbonyl (C=O) groups is 3. The molecular formula is C23H25FN2O6. The summed E-state index contributed by atoms with van der Waals surface area (Å²) in [6.07, 6.45) is 1.46. The van der Waals surface area contributed by atoms with Crippen molar-refractivity contribution in [2.24, 2.45) is 5.41 Å². The lowest BCUT2D eigenvalue weighted by atomic mass is 9.78. The average Bonchev–Trinajstić information content (AvgIpc) is 2.77. The third-order valence-corrected chi connectivity index (χ3v) is 4.80. The zero-order valence-electron chi connectivity index (χ0n) is 17.7. The number of hydrogen-bond acceptors (Lipinski definition) is 6. The van der Waals surface area contributed by atoms with Crippen LogP contribution >= 0.6 is 0 Å². The van der Waals surface area contributed by atoms with Crippen LogP contribution in [0.5, 0.6) is 5.75 Å². The number of nitrogens with one attached hydrogen (secondary N) is 2. The fraction of sp³-hybridized carbons (Fsp3) is 0.261. The fourth-order valence-electron chi connectivity index (χ4n) is 3.07. The number of rotatable bonds is 8. The zero-order valence-corrected chi connectivity index (χ0v) is 17.7. The van der Waals surface area contributed by atoms with Crippen molar-refractivity contribution in [1.82, 2.24) is 10.8 Å². The van der Waals surface area contributed by atoms with Gasteiger partial charge in [0.25, 0.3) is 11.8 Å². The molecule has 0 saturated carbocycles. The molecule has 0 saturated heterocycles. The van der Waals surface area contributed by atoms with Crippen molar-refractivity contribution in [3.8, 4) is 5.75 Å². The summed E-state index contributed by atoms with van der Waals surface area (Å²) in [5.41, 5.74) is 1.26. The van der Waals surface area contributed by atoms with Crippen molar-refractivity contribution in [1.29, 1.82) is 0 Å². The molecule has 2 aromatic rings. The lowest BCUT2D eigenvalue weighted by Crippen LogP contribution is -2.35. The maximum absolute atomic E-state index is 14.0. The predicted octanol–water partition coefficient (Wildman–Crippen LogP) is 4.01. The van der Waals surface area contributed by atoms with Gasteiger partial charge in [-0.3, -0.25) is 20.1 Å². The third kappa shape index (κ3) is 6.92. The van der Waals surface area contributed by atoms with Crippen LogP contribution in [0.2, 0.25) is 0 Å². The molecule has 4 N–H and O–H groups in total. The Bertz CT molecular complexity index is 991. The van der Waals surface area contributed by atoms with Gasteiger partial charge in [-0.05, 0) is 42.7 Å². The molecule has 0 unspecified atom stereocenters. The van der Waals surface area contributed by atoms with E-state index in [-0.39, 0.29) is 11.1 Å². The molecule has 0 aromatic heterocycles. The van der Waals surface area contributed by atoms with Crippen LogP contribution in [-0.4, -0.2) is 28.2 Å². The number of benzene rings is 2. The highest BCUT2D eigenvalue weighted by Crippen LogP contribution is 2.41. The van der Waals surface area contributed by atoms with Crippen molar-refractivity contribution >= 4 is 17.9 Å². The Kier molecular flexibility index (Phi) is 8.48. The van der Waals surface area contributed by atoms with E-state index in [0.717, 1.165) is 18.2 Å². The quantitative estimate of drug-likeness (QED) is 0.277. The summed E-state index contributed by atoms with van der Waals surface area (Å²) in [6, 6.07) is 11.7. The maximum Gasteiger partial charge on any atom is 0.414 e. The van der Waals surface area contributed by atoms with Crippen LogP contribution in [0.3, 0.4) is 0 Å². The van der Waals surface area contributed by atoms with Crippen molar-refractivity contribution in [3.05, 3.63) is 77.6 Å². The Labute approximate surface area is 184 Å². The monoisotopic (exact) mass is 444 g/mol. The molecule has 0 fully saturated rings. The van der Waals surface area contributed by atoms with Gasteiger partial charge in [-0.25, -0.2) is 14.7 Å². The van der Waals surface area contributed by atoms with Crippen molar-refractivity contribution in [2.45, 2.75) is 32.8 Å². The molecule has 8 nitrogen and oxygen atoms in total. The lowest BCUT2D eigenvalue weighted by molar-refractivity contribution is -0.124. The predicted molar refractivity (Wildman–Crippen MR) is 113 cm³/mol. The molecule has 0 bridgehead atoms. The number of hydroxylamine groups is 1. The van der Waals surface area contributed by atoms with Gasteiger partial charge in [0.15, 0.2) is 11.6 Å². The Morgan fingerprint density at radius 3 is 2.47 bits per heavy atom. The van der Waals surface area contributed by atoms with Gasteiger partial charge in [0.2, 0.25) is 0 Å². The van der Waals surface area contributed by atoms with Crippen LogP contribution in [0.25, 0.3) is 0 Å². The number of imide groups is 1. The molecular weight excluding hydrogens is 419 g/mol. The molecule has 2 aromatic carbocycles. The second-order valence-electron chi connectivity index (χ2n) is 7.72. The van der Waals surface area contributed by atoms with Gasteiger partial charge >= 0.3 is 6.09 Å². The number of phenolic OH excluding ortho intramolecular Hbond substituents is 1. The molecule has 3 amide bonds. The summed E-state index contributed by atoms with van der Waals surface area (Å²) < 4.78 is 19.5. The lowest BCUT2D eigenvalue weighted by Gasteiger charge is -2.34. The van der Waals surface area contributed by atoms with Crippen LogP contribution < -0.4 is 10.8 Å². The molecule has 9 heteroatoms. The minimum Gasteiger partial charge on any atom is -0.505 e. The molecule has 1 atom stereocenters. The van der Waals surface area contributed by atoms with Crippen molar-refractivity contribution in [3.63, 3.8) is 0 Å². The van der Waals surface area contributed by atoms with E-state index in [1.165, 1.54) is 29.8 Å². The SMILES string of the molecule is CC(C)(CC/C=C/C(=O)NO)[C@@H](OC(=O)NC(=O)c1ccccc1)c1ccc(O)c(F)c1. The molecule has 0 aliphatic rings. The topological polar surface area (TPSA) is 125 Å². The van der Waals surface area contributed by atoms with Crippen molar-refractivity contribution < 1.29 is 33.8 Å². The van der Waals surface area contributed by atoms with Crippen LogP contribution in [0.1, 0.15) is 48.7 Å². The third-order valence-electron chi connectivity index (χ3n) is 4.80. The molecule has 32 heavy (non-hydrogen) atoms. The average molecular weight is 444 g/mol. The number of alkyl carbamates (subject to hydrolysis) is 1. The van der Waals surface area contributed by atoms with Crippen LogP contribution in [0.4, 0.5) is 9.18 Å². The molecule has 0 radical (unpaired) electrons. The summed E-state index contributed by atoms with van der Waals surface area (Å²) in [7, 11) is 0. The van der Waals surface area contributed by atoms with E-state index in [1.54, 1.807) is 32.0 Å². The van der Waals surface area contributed by atoms with Gasteiger partial charge in [-0.2, -0.15) is 0 Å². The van der Waals surface area contributed by atoms with E-state index >= 15 is 0 Å².